The summed E-state index contributed by atoms with van der Waals surface area (Å²) < 4.78 is 125. The van der Waals surface area contributed by atoms with Crippen molar-refractivity contribution >= 4 is 11.5 Å². The summed E-state index contributed by atoms with van der Waals surface area (Å²) in [4.78, 5) is 12.0. The second-order valence-corrected chi connectivity index (χ2v) is 6.60. The average Bonchev–Trinajstić information content (AvgIpc) is 2.69. The Morgan fingerprint density at radius 3 is 2.13 bits per heavy atom. The van der Waals surface area contributed by atoms with Crippen LogP contribution in [0, 0.1) is 11.3 Å². The van der Waals surface area contributed by atoms with Crippen LogP contribution in [0.5, 0.6) is 5.75 Å². The number of fused-ring (bicyclic) bond motifs is 1. The molecule has 0 saturated heterocycles. The maximum Gasteiger partial charge on any atom is 0.460 e. The number of nitrogens with zero attached hydrogens (tertiary/aromatic N) is 1. The van der Waals surface area contributed by atoms with Crippen LogP contribution < -0.4 is 10.5 Å². The second kappa shape index (κ2) is 7.97. The predicted octanol–water partition coefficient (Wildman–Crippen LogP) is 4.59. The highest BCUT2D eigenvalue weighted by molar-refractivity contribution is 6.21. The van der Waals surface area contributed by atoms with Gasteiger partial charge in [0.05, 0.1) is 11.6 Å². The van der Waals surface area contributed by atoms with Crippen LogP contribution in [-0.2, 0) is 10.7 Å². The standard InChI is InChI=1S/C18H13F9N2O2/c19-7-15(8-20)11(2-1-5-28)13(14(29)30)10-6-9(3-4-12(10)31-15)16(21,22)17(23,24)18(25,26)27/h3-4,6H,1-2,7-8H2,(H2,29,30). The molecule has 0 aromatic heterocycles. The molecule has 0 spiro atoms. The predicted molar refractivity (Wildman–Crippen MR) is 87.6 cm³/mol. The molecule has 13 heteroatoms. The molecule has 31 heavy (non-hydrogen) atoms. The minimum atomic E-state index is -6.61. The summed E-state index contributed by atoms with van der Waals surface area (Å²) in [6.45, 7) is -3.16. The van der Waals surface area contributed by atoms with E-state index in [2.05, 4.69) is 0 Å². The molecule has 1 heterocycles. The highest BCUT2D eigenvalue weighted by atomic mass is 19.4. The Morgan fingerprint density at radius 2 is 1.68 bits per heavy atom. The molecule has 1 aromatic rings. The SMILES string of the molecule is N#CCCC1=C(C(N)=O)c2cc(C(F)(F)C(F)(F)C(F)(F)F)ccc2OC1(CF)CF. The average molecular weight is 460 g/mol. The molecule has 1 aliphatic heterocycles. The third kappa shape index (κ3) is 3.79. The van der Waals surface area contributed by atoms with Crippen LogP contribution in [0.25, 0.3) is 5.57 Å². The number of rotatable bonds is 7. The fourth-order valence-corrected chi connectivity index (χ4v) is 3.10. The number of nitriles is 1. The Bertz CT molecular complexity index is 944. The van der Waals surface area contributed by atoms with E-state index in [1.807, 2.05) is 0 Å². The summed E-state index contributed by atoms with van der Waals surface area (Å²) in [6, 6.07) is 2.37. The molecule has 0 saturated carbocycles. The number of nitrogens with two attached hydrogens (primary N) is 1. The zero-order valence-corrected chi connectivity index (χ0v) is 15.3. The Kier molecular flexibility index (Phi) is 6.27. The highest BCUT2D eigenvalue weighted by Gasteiger charge is 2.73. The van der Waals surface area contributed by atoms with Crippen molar-refractivity contribution in [1.82, 2.24) is 0 Å². The number of primary amides is 1. The van der Waals surface area contributed by atoms with E-state index < -0.39 is 83.7 Å². The minimum absolute atomic E-state index is 0.113. The van der Waals surface area contributed by atoms with E-state index in [0.717, 1.165) is 0 Å². The van der Waals surface area contributed by atoms with Crippen molar-refractivity contribution in [1.29, 1.82) is 5.26 Å². The largest absolute Gasteiger partial charge is 0.477 e. The first-order valence-corrected chi connectivity index (χ1v) is 8.38. The van der Waals surface area contributed by atoms with Crippen LogP contribution in [0.2, 0.25) is 0 Å². The van der Waals surface area contributed by atoms with Crippen LogP contribution in [0.15, 0.2) is 23.8 Å². The van der Waals surface area contributed by atoms with Crippen molar-refractivity contribution < 1.29 is 49.0 Å². The van der Waals surface area contributed by atoms with E-state index >= 15 is 0 Å². The maximum absolute atomic E-state index is 14.1. The van der Waals surface area contributed by atoms with E-state index in [4.69, 9.17) is 15.7 Å². The van der Waals surface area contributed by atoms with Gasteiger partial charge in [-0.2, -0.15) is 36.0 Å². The first kappa shape index (κ1) is 24.4. The van der Waals surface area contributed by atoms with Crippen LogP contribution in [-0.4, -0.2) is 37.0 Å². The van der Waals surface area contributed by atoms with Gasteiger partial charge in [-0.1, -0.05) is 0 Å². The van der Waals surface area contributed by atoms with Crippen molar-refractivity contribution in [3.63, 3.8) is 0 Å². The number of ether oxygens (including phenoxy) is 1. The van der Waals surface area contributed by atoms with Crippen LogP contribution >= 0.6 is 0 Å². The molecule has 0 atom stereocenters. The van der Waals surface area contributed by atoms with Gasteiger partial charge in [0.15, 0.2) is 5.60 Å². The molecule has 4 nitrogen and oxygen atoms in total. The van der Waals surface area contributed by atoms with Gasteiger partial charge in [-0.05, 0) is 30.2 Å². The van der Waals surface area contributed by atoms with Gasteiger partial charge in [-0.15, -0.1) is 0 Å². The van der Waals surface area contributed by atoms with Crippen molar-refractivity contribution in [3.8, 4) is 11.8 Å². The molecule has 0 unspecified atom stereocenters. The number of carbonyl (C=O) groups excluding carboxylic acids is 1. The van der Waals surface area contributed by atoms with Gasteiger partial charge < -0.3 is 10.5 Å². The maximum atomic E-state index is 14.1. The number of hydrogen-bond acceptors (Lipinski definition) is 3. The van der Waals surface area contributed by atoms with Crippen molar-refractivity contribution in [2.75, 3.05) is 13.3 Å². The first-order chi connectivity index (χ1) is 14.2. The number of carbonyl (C=O) groups is 1. The number of halogens is 9. The summed E-state index contributed by atoms with van der Waals surface area (Å²) in [7, 11) is 0. The molecule has 1 amide bonds. The monoisotopic (exact) mass is 460 g/mol. The molecule has 1 aliphatic rings. The van der Waals surface area contributed by atoms with Gasteiger partial charge in [-0.3, -0.25) is 4.79 Å². The van der Waals surface area contributed by atoms with Gasteiger partial charge in [-0.25, -0.2) is 8.78 Å². The summed E-state index contributed by atoms with van der Waals surface area (Å²) in [5, 5.41) is 8.74. The third-order valence-electron chi connectivity index (χ3n) is 4.68. The fourth-order valence-electron chi connectivity index (χ4n) is 3.10. The summed E-state index contributed by atoms with van der Waals surface area (Å²) >= 11 is 0. The Morgan fingerprint density at radius 1 is 1.10 bits per heavy atom. The van der Waals surface area contributed by atoms with E-state index in [0.29, 0.717) is 6.07 Å². The van der Waals surface area contributed by atoms with Gasteiger partial charge in [0.2, 0.25) is 5.91 Å². The Labute approximate surface area is 169 Å². The zero-order chi connectivity index (χ0) is 23.8. The quantitative estimate of drug-likeness (QED) is 0.605. The minimum Gasteiger partial charge on any atom is -0.477 e. The number of amides is 1. The highest BCUT2D eigenvalue weighted by Crippen LogP contribution is 2.53. The van der Waals surface area contributed by atoms with E-state index in [-0.39, 0.29) is 12.1 Å². The van der Waals surface area contributed by atoms with Crippen molar-refractivity contribution in [3.05, 3.63) is 34.9 Å². The molecule has 170 valence electrons. The van der Waals surface area contributed by atoms with Crippen LogP contribution in [0.1, 0.15) is 24.0 Å². The van der Waals surface area contributed by atoms with Crippen LogP contribution in [0.3, 0.4) is 0 Å². The third-order valence-corrected chi connectivity index (χ3v) is 4.68. The lowest BCUT2D eigenvalue weighted by atomic mass is 9.81. The molecule has 0 fully saturated rings. The molecular weight excluding hydrogens is 447 g/mol. The van der Waals surface area contributed by atoms with E-state index in [1.54, 1.807) is 6.07 Å². The molecule has 2 N–H and O–H groups in total. The van der Waals surface area contributed by atoms with Gasteiger partial charge in [0.1, 0.15) is 19.1 Å². The first-order valence-electron chi connectivity index (χ1n) is 8.38. The van der Waals surface area contributed by atoms with E-state index in [9.17, 15) is 44.3 Å². The lowest BCUT2D eigenvalue weighted by Crippen LogP contribution is -2.50. The van der Waals surface area contributed by atoms with Gasteiger partial charge in [0, 0.05) is 17.5 Å². The summed E-state index contributed by atoms with van der Waals surface area (Å²) in [5.41, 5.74) is -1.20. The lowest BCUT2D eigenvalue weighted by Gasteiger charge is -2.38. The normalized spacial score (nSPS) is 16.4. The molecular formula is C18H13F9N2O2. The summed E-state index contributed by atoms with van der Waals surface area (Å²) in [5.74, 6) is -14.3. The van der Waals surface area contributed by atoms with Crippen molar-refractivity contribution in [2.45, 2.75) is 36.5 Å². The van der Waals surface area contributed by atoms with Crippen LogP contribution in [0.4, 0.5) is 39.5 Å². The molecule has 0 aliphatic carbocycles. The smallest absolute Gasteiger partial charge is 0.460 e. The van der Waals surface area contributed by atoms with Crippen molar-refractivity contribution in [2.24, 2.45) is 5.73 Å². The van der Waals surface area contributed by atoms with E-state index in [1.165, 1.54) is 0 Å². The zero-order valence-electron chi connectivity index (χ0n) is 15.3. The Balaban J connectivity index is 2.80. The molecule has 0 bridgehead atoms. The molecule has 1 aromatic carbocycles. The topological polar surface area (TPSA) is 76.1 Å². The second-order valence-electron chi connectivity index (χ2n) is 6.60. The fraction of sp³-hybridized carbons (Fsp3) is 0.444. The van der Waals surface area contributed by atoms with Gasteiger partial charge >= 0.3 is 18.0 Å². The number of benzene rings is 1. The molecule has 0 radical (unpaired) electrons. The number of alkyl halides is 9. The van der Waals surface area contributed by atoms with Gasteiger partial charge in [0.25, 0.3) is 0 Å². The molecule has 2 rings (SSSR count). The lowest BCUT2D eigenvalue weighted by molar-refractivity contribution is -0.359. The number of hydrogen-bond donors (Lipinski definition) is 1. The summed E-state index contributed by atoms with van der Waals surface area (Å²) in [6.07, 6.45) is -7.54. The Hall–Kier alpha value is -2.91.